The molecule has 0 aliphatic carbocycles. The van der Waals surface area contributed by atoms with Crippen LogP contribution in [0.5, 0.6) is 5.75 Å². The van der Waals surface area contributed by atoms with Gasteiger partial charge in [-0.2, -0.15) is 4.98 Å². The van der Waals surface area contributed by atoms with Gasteiger partial charge in [0.15, 0.2) is 0 Å². The molecule has 0 atom stereocenters. The van der Waals surface area contributed by atoms with Crippen LogP contribution in [-0.2, 0) is 17.6 Å². The van der Waals surface area contributed by atoms with Crippen LogP contribution in [0.4, 0.5) is 0 Å². The molecular formula is C21H20N4O3. The van der Waals surface area contributed by atoms with E-state index in [-0.39, 0.29) is 18.2 Å². The molecule has 0 unspecified atom stereocenters. The summed E-state index contributed by atoms with van der Waals surface area (Å²) in [4.78, 5) is 19.7. The Morgan fingerprint density at radius 1 is 1.18 bits per heavy atom. The minimum atomic E-state index is -0.148. The number of ether oxygens (including phenoxy) is 1. The van der Waals surface area contributed by atoms with E-state index < -0.39 is 0 Å². The van der Waals surface area contributed by atoms with Gasteiger partial charge in [0.25, 0.3) is 0 Å². The number of para-hydroxylation sites is 1. The highest BCUT2D eigenvalue weighted by Gasteiger charge is 2.13. The van der Waals surface area contributed by atoms with Crippen molar-refractivity contribution in [3.63, 3.8) is 0 Å². The van der Waals surface area contributed by atoms with Crippen LogP contribution in [0.3, 0.4) is 0 Å². The van der Waals surface area contributed by atoms with Crippen LogP contribution in [-0.4, -0.2) is 34.7 Å². The minimum absolute atomic E-state index is 0.0526. The number of nitrogens with zero attached hydrogens (tertiary/aromatic N) is 2. The zero-order valence-electron chi connectivity index (χ0n) is 15.4. The number of amides is 1. The number of nitrogens with one attached hydrogen (secondary N) is 2. The molecule has 4 aromatic rings. The van der Waals surface area contributed by atoms with E-state index in [1.54, 1.807) is 7.11 Å². The highest BCUT2D eigenvalue weighted by molar-refractivity contribution is 5.83. The van der Waals surface area contributed by atoms with Gasteiger partial charge < -0.3 is 19.6 Å². The quantitative estimate of drug-likeness (QED) is 0.517. The molecule has 4 rings (SSSR count). The van der Waals surface area contributed by atoms with Gasteiger partial charge in [-0.05, 0) is 42.3 Å². The van der Waals surface area contributed by atoms with E-state index in [1.807, 2.05) is 48.7 Å². The van der Waals surface area contributed by atoms with Gasteiger partial charge in [0.1, 0.15) is 12.2 Å². The molecule has 0 radical (unpaired) electrons. The standard InChI is InChI=1S/C21H20N4O3/c1-27-16-8-6-14(7-9-16)21-24-20(28-25-21)12-19(26)22-11-10-15-13-23-18-5-3-2-4-17(15)18/h2-9,13,23H,10-12H2,1H3,(H,22,26). The van der Waals surface area contributed by atoms with E-state index >= 15 is 0 Å². The predicted octanol–water partition coefficient (Wildman–Crippen LogP) is 3.13. The smallest absolute Gasteiger partial charge is 0.236 e. The van der Waals surface area contributed by atoms with Crippen molar-refractivity contribution in [3.05, 3.63) is 66.2 Å². The van der Waals surface area contributed by atoms with Crippen LogP contribution in [0.1, 0.15) is 11.5 Å². The molecule has 2 N–H and O–H groups in total. The first-order valence-electron chi connectivity index (χ1n) is 9.01. The molecule has 0 saturated carbocycles. The SMILES string of the molecule is COc1ccc(-c2noc(CC(=O)NCCc3c[nH]c4ccccc34)n2)cc1. The fraction of sp³-hybridized carbons (Fsp3) is 0.190. The second-order valence-electron chi connectivity index (χ2n) is 6.38. The average Bonchev–Trinajstić information content (AvgIpc) is 3.35. The Kier molecular flexibility index (Phi) is 5.05. The number of carbonyl (C=O) groups is 1. The minimum Gasteiger partial charge on any atom is -0.497 e. The van der Waals surface area contributed by atoms with Gasteiger partial charge in [0, 0.05) is 29.2 Å². The number of fused-ring (bicyclic) bond motifs is 1. The van der Waals surface area contributed by atoms with E-state index in [0.29, 0.717) is 12.4 Å². The number of H-pyrrole nitrogens is 1. The third-order valence-electron chi connectivity index (χ3n) is 4.52. The average molecular weight is 376 g/mol. The monoisotopic (exact) mass is 376 g/mol. The molecule has 2 heterocycles. The second-order valence-corrected chi connectivity index (χ2v) is 6.38. The zero-order chi connectivity index (χ0) is 19.3. The van der Waals surface area contributed by atoms with Gasteiger partial charge in [-0.1, -0.05) is 23.4 Å². The summed E-state index contributed by atoms with van der Waals surface area (Å²) in [6.07, 6.45) is 2.78. The van der Waals surface area contributed by atoms with Gasteiger partial charge >= 0.3 is 0 Å². The number of rotatable bonds is 7. The van der Waals surface area contributed by atoms with Crippen LogP contribution in [0.25, 0.3) is 22.3 Å². The second kappa shape index (κ2) is 7.96. The number of aromatic nitrogens is 3. The highest BCUT2D eigenvalue weighted by atomic mass is 16.5. The van der Waals surface area contributed by atoms with Gasteiger partial charge in [0.05, 0.1) is 7.11 Å². The van der Waals surface area contributed by atoms with E-state index in [9.17, 15) is 4.79 Å². The first-order valence-corrected chi connectivity index (χ1v) is 9.01. The molecule has 7 heteroatoms. The van der Waals surface area contributed by atoms with E-state index in [2.05, 4.69) is 26.5 Å². The maximum atomic E-state index is 12.2. The molecule has 0 saturated heterocycles. The lowest BCUT2D eigenvalue weighted by Crippen LogP contribution is -2.27. The van der Waals surface area contributed by atoms with Gasteiger partial charge in [0.2, 0.25) is 17.6 Å². The molecule has 0 aliphatic rings. The molecule has 1 amide bonds. The van der Waals surface area contributed by atoms with Crippen molar-refractivity contribution >= 4 is 16.8 Å². The van der Waals surface area contributed by atoms with Crippen LogP contribution in [0.15, 0.2) is 59.3 Å². The summed E-state index contributed by atoms with van der Waals surface area (Å²) >= 11 is 0. The summed E-state index contributed by atoms with van der Waals surface area (Å²) in [7, 11) is 1.61. The molecule has 142 valence electrons. The Bertz CT molecular complexity index is 1080. The lowest BCUT2D eigenvalue weighted by Gasteiger charge is -2.03. The summed E-state index contributed by atoms with van der Waals surface area (Å²) in [5.41, 5.74) is 3.08. The fourth-order valence-corrected chi connectivity index (χ4v) is 3.06. The van der Waals surface area contributed by atoms with E-state index in [0.717, 1.165) is 23.3 Å². The third-order valence-corrected chi connectivity index (χ3v) is 4.52. The number of carbonyl (C=O) groups excluding carboxylic acids is 1. The van der Waals surface area contributed by atoms with Gasteiger partial charge in [-0.15, -0.1) is 0 Å². The van der Waals surface area contributed by atoms with Crippen LogP contribution in [0, 0.1) is 0 Å². The summed E-state index contributed by atoms with van der Waals surface area (Å²) in [5, 5.41) is 8.02. The fourth-order valence-electron chi connectivity index (χ4n) is 3.06. The molecule has 0 spiro atoms. The molecule has 7 nitrogen and oxygen atoms in total. The van der Waals surface area contributed by atoms with Crippen molar-refractivity contribution in [3.8, 4) is 17.1 Å². The number of methoxy groups -OCH3 is 1. The zero-order valence-corrected chi connectivity index (χ0v) is 15.4. The molecule has 0 bridgehead atoms. The number of hydrogen-bond acceptors (Lipinski definition) is 5. The van der Waals surface area contributed by atoms with Crippen LogP contribution >= 0.6 is 0 Å². The third kappa shape index (κ3) is 3.88. The summed E-state index contributed by atoms with van der Waals surface area (Å²) < 4.78 is 10.3. The normalized spacial score (nSPS) is 10.9. The largest absolute Gasteiger partial charge is 0.497 e. The van der Waals surface area contributed by atoms with Crippen LogP contribution < -0.4 is 10.1 Å². The first-order chi connectivity index (χ1) is 13.7. The van der Waals surface area contributed by atoms with Crippen molar-refractivity contribution in [2.45, 2.75) is 12.8 Å². The Hall–Kier alpha value is -3.61. The summed E-state index contributed by atoms with van der Waals surface area (Å²) in [5.74, 6) is 1.34. The number of benzene rings is 2. The maximum absolute atomic E-state index is 12.2. The van der Waals surface area contributed by atoms with Crippen molar-refractivity contribution < 1.29 is 14.1 Å². The molecular weight excluding hydrogens is 356 g/mol. The molecule has 2 aromatic carbocycles. The molecule has 0 fully saturated rings. The lowest BCUT2D eigenvalue weighted by molar-refractivity contribution is -0.120. The Balaban J connectivity index is 1.31. The Morgan fingerprint density at radius 3 is 2.82 bits per heavy atom. The molecule has 0 aliphatic heterocycles. The summed E-state index contributed by atoms with van der Waals surface area (Å²) in [6.45, 7) is 0.542. The van der Waals surface area contributed by atoms with Crippen LogP contribution in [0.2, 0.25) is 0 Å². The summed E-state index contributed by atoms with van der Waals surface area (Å²) in [6, 6.07) is 15.4. The highest BCUT2D eigenvalue weighted by Crippen LogP contribution is 2.20. The molecule has 2 aromatic heterocycles. The predicted molar refractivity (Wildman–Crippen MR) is 105 cm³/mol. The van der Waals surface area contributed by atoms with Gasteiger partial charge in [-0.3, -0.25) is 4.79 Å². The van der Waals surface area contributed by atoms with E-state index in [4.69, 9.17) is 9.26 Å². The van der Waals surface area contributed by atoms with E-state index in [1.165, 1.54) is 10.9 Å². The van der Waals surface area contributed by atoms with Crippen molar-refractivity contribution in [1.82, 2.24) is 20.4 Å². The Morgan fingerprint density at radius 2 is 2.00 bits per heavy atom. The first kappa shape index (κ1) is 17.8. The number of aromatic amines is 1. The lowest BCUT2D eigenvalue weighted by atomic mass is 10.1. The maximum Gasteiger partial charge on any atom is 0.236 e. The van der Waals surface area contributed by atoms with Crippen molar-refractivity contribution in [1.29, 1.82) is 0 Å². The number of hydrogen-bond donors (Lipinski definition) is 2. The Labute approximate surface area is 161 Å². The van der Waals surface area contributed by atoms with Gasteiger partial charge in [-0.25, -0.2) is 0 Å². The van der Waals surface area contributed by atoms with Crippen molar-refractivity contribution in [2.75, 3.05) is 13.7 Å². The molecule has 28 heavy (non-hydrogen) atoms. The van der Waals surface area contributed by atoms with Crippen molar-refractivity contribution in [2.24, 2.45) is 0 Å². The topological polar surface area (TPSA) is 93.0 Å².